The Morgan fingerprint density at radius 1 is 1.26 bits per heavy atom. The van der Waals surface area contributed by atoms with Crippen molar-refractivity contribution in [2.75, 3.05) is 5.32 Å². The zero-order valence-electron chi connectivity index (χ0n) is 11.9. The molecule has 1 atom stereocenters. The lowest BCUT2D eigenvalue weighted by Crippen LogP contribution is -2.21. The number of anilines is 1. The number of hydrogen-bond acceptors (Lipinski definition) is 2. The summed E-state index contributed by atoms with van der Waals surface area (Å²) in [6.45, 7) is 4.42. The molecule has 3 nitrogen and oxygen atoms in total. The number of fused-ring (bicyclic) bond motifs is 1. The number of rotatable bonds is 6. The molecule has 1 aliphatic heterocycles. The summed E-state index contributed by atoms with van der Waals surface area (Å²) in [6, 6.07) is 6.24. The Hall–Kier alpha value is -1.35. The number of hydrogen-bond donors (Lipinski definition) is 2. The van der Waals surface area contributed by atoms with Gasteiger partial charge in [-0.1, -0.05) is 38.8 Å². The quantitative estimate of drug-likeness (QED) is 0.823. The Kier molecular flexibility index (Phi) is 4.59. The van der Waals surface area contributed by atoms with Crippen LogP contribution in [0, 0.1) is 5.92 Å². The lowest BCUT2D eigenvalue weighted by atomic mass is 9.86. The molecule has 0 saturated heterocycles. The highest BCUT2D eigenvalue weighted by molar-refractivity contribution is 5.99. The molecular weight excluding hydrogens is 236 g/mol. The van der Waals surface area contributed by atoms with Crippen LogP contribution in [-0.4, -0.2) is 5.91 Å². The van der Waals surface area contributed by atoms with Crippen molar-refractivity contribution in [3.05, 3.63) is 29.3 Å². The first kappa shape index (κ1) is 14.1. The van der Waals surface area contributed by atoms with Crippen LogP contribution in [0.25, 0.3) is 0 Å². The Balaban J connectivity index is 2.16. The van der Waals surface area contributed by atoms with E-state index in [1.54, 1.807) is 0 Å². The van der Waals surface area contributed by atoms with Gasteiger partial charge in [-0.2, -0.15) is 0 Å². The van der Waals surface area contributed by atoms with Gasteiger partial charge in [0.15, 0.2) is 0 Å². The fraction of sp³-hybridized carbons (Fsp3) is 0.562. The largest absolute Gasteiger partial charge is 0.326 e. The van der Waals surface area contributed by atoms with Gasteiger partial charge in [0, 0.05) is 11.7 Å². The number of nitrogens with two attached hydrogens (primary N) is 1. The van der Waals surface area contributed by atoms with Crippen LogP contribution in [0.3, 0.4) is 0 Å². The van der Waals surface area contributed by atoms with E-state index in [2.05, 4.69) is 31.3 Å². The molecule has 19 heavy (non-hydrogen) atoms. The van der Waals surface area contributed by atoms with E-state index < -0.39 is 0 Å². The van der Waals surface area contributed by atoms with E-state index in [4.69, 9.17) is 5.73 Å². The summed E-state index contributed by atoms with van der Waals surface area (Å²) in [6.07, 6.45) is 5.17. The van der Waals surface area contributed by atoms with Crippen molar-refractivity contribution in [1.82, 2.24) is 0 Å². The van der Waals surface area contributed by atoms with E-state index in [-0.39, 0.29) is 11.9 Å². The highest BCUT2D eigenvalue weighted by atomic mass is 16.1. The average molecular weight is 260 g/mol. The van der Waals surface area contributed by atoms with Gasteiger partial charge in [-0.05, 0) is 36.0 Å². The monoisotopic (exact) mass is 260 g/mol. The molecule has 0 bridgehead atoms. The minimum Gasteiger partial charge on any atom is -0.326 e. The molecule has 104 valence electrons. The predicted octanol–water partition coefficient (Wildman–Crippen LogP) is 3.40. The molecule has 0 fully saturated rings. The average Bonchev–Trinajstić information content (AvgIpc) is 2.76. The maximum Gasteiger partial charge on any atom is 0.228 e. The van der Waals surface area contributed by atoms with Crippen molar-refractivity contribution >= 4 is 11.6 Å². The van der Waals surface area contributed by atoms with Crippen LogP contribution in [0.2, 0.25) is 0 Å². The number of amides is 1. The number of benzene rings is 1. The number of nitrogens with one attached hydrogen (secondary N) is 1. The van der Waals surface area contributed by atoms with Gasteiger partial charge in [0.25, 0.3) is 0 Å². The van der Waals surface area contributed by atoms with Gasteiger partial charge >= 0.3 is 0 Å². The second-order valence-electron chi connectivity index (χ2n) is 5.50. The van der Waals surface area contributed by atoms with E-state index in [1.165, 1.54) is 31.2 Å². The van der Waals surface area contributed by atoms with Gasteiger partial charge in [-0.25, -0.2) is 0 Å². The molecule has 1 heterocycles. The van der Waals surface area contributed by atoms with E-state index in [0.717, 1.165) is 11.3 Å². The van der Waals surface area contributed by atoms with Crippen LogP contribution in [-0.2, 0) is 11.2 Å². The summed E-state index contributed by atoms with van der Waals surface area (Å²) < 4.78 is 0. The minimum absolute atomic E-state index is 0.0828. The first-order chi connectivity index (χ1) is 9.15. The highest BCUT2D eigenvalue weighted by Gasteiger charge is 2.22. The van der Waals surface area contributed by atoms with Gasteiger partial charge in [0.2, 0.25) is 5.91 Å². The molecule has 0 radical (unpaired) electrons. The molecule has 1 amide bonds. The third kappa shape index (κ3) is 3.16. The van der Waals surface area contributed by atoms with Gasteiger partial charge < -0.3 is 11.1 Å². The Morgan fingerprint density at radius 2 is 1.95 bits per heavy atom. The van der Waals surface area contributed by atoms with Gasteiger partial charge in [0.05, 0.1) is 6.42 Å². The zero-order valence-corrected chi connectivity index (χ0v) is 11.9. The standard InChI is InChI=1S/C16H24N2O/c1-3-5-11(6-4-2)16(17)12-7-8-14-13(9-12)10-15(19)18-14/h7-9,11,16H,3-6,10,17H2,1-2H3,(H,18,19). The van der Waals surface area contributed by atoms with Crippen LogP contribution in [0.5, 0.6) is 0 Å². The summed E-state index contributed by atoms with van der Waals surface area (Å²) >= 11 is 0. The lowest BCUT2D eigenvalue weighted by Gasteiger charge is -2.24. The molecule has 3 N–H and O–H groups in total. The summed E-state index contributed by atoms with van der Waals surface area (Å²) in [5, 5.41) is 2.86. The van der Waals surface area contributed by atoms with Crippen LogP contribution in [0.1, 0.15) is 56.7 Å². The maximum absolute atomic E-state index is 11.4. The first-order valence-corrected chi connectivity index (χ1v) is 7.34. The Morgan fingerprint density at radius 3 is 2.58 bits per heavy atom. The van der Waals surface area contributed by atoms with Crippen molar-refractivity contribution in [3.8, 4) is 0 Å². The van der Waals surface area contributed by atoms with Crippen LogP contribution >= 0.6 is 0 Å². The molecule has 0 aliphatic carbocycles. The molecule has 0 saturated carbocycles. The second kappa shape index (κ2) is 6.20. The third-order valence-corrected chi connectivity index (χ3v) is 3.97. The molecule has 0 aromatic heterocycles. The molecule has 1 aromatic rings. The van der Waals surface area contributed by atoms with E-state index >= 15 is 0 Å². The van der Waals surface area contributed by atoms with Crippen LogP contribution < -0.4 is 11.1 Å². The minimum atomic E-state index is 0.0828. The zero-order chi connectivity index (χ0) is 13.8. The fourth-order valence-electron chi connectivity index (χ4n) is 2.97. The summed E-state index contributed by atoms with van der Waals surface area (Å²) in [5.74, 6) is 0.623. The van der Waals surface area contributed by atoms with Crippen LogP contribution in [0.4, 0.5) is 5.69 Å². The maximum atomic E-state index is 11.4. The number of carbonyl (C=O) groups excluding carboxylic acids is 1. The molecule has 1 aromatic carbocycles. The van der Waals surface area contributed by atoms with E-state index in [1.807, 2.05) is 6.07 Å². The fourth-order valence-corrected chi connectivity index (χ4v) is 2.97. The van der Waals surface area contributed by atoms with E-state index in [9.17, 15) is 4.79 Å². The van der Waals surface area contributed by atoms with E-state index in [0.29, 0.717) is 12.3 Å². The Labute approximate surface area is 115 Å². The second-order valence-corrected chi connectivity index (χ2v) is 5.50. The molecular formula is C16H24N2O. The van der Waals surface area contributed by atoms with Crippen molar-refractivity contribution < 1.29 is 4.79 Å². The molecule has 1 unspecified atom stereocenters. The van der Waals surface area contributed by atoms with Crippen molar-refractivity contribution in [3.63, 3.8) is 0 Å². The topological polar surface area (TPSA) is 55.1 Å². The van der Waals surface area contributed by atoms with Crippen molar-refractivity contribution in [1.29, 1.82) is 0 Å². The molecule has 2 rings (SSSR count). The summed E-state index contributed by atoms with van der Waals surface area (Å²) in [7, 11) is 0. The normalized spacial score (nSPS) is 15.5. The molecule has 3 heteroatoms. The third-order valence-electron chi connectivity index (χ3n) is 3.97. The summed E-state index contributed by atoms with van der Waals surface area (Å²) in [4.78, 5) is 11.4. The molecule has 0 spiro atoms. The highest BCUT2D eigenvalue weighted by Crippen LogP contribution is 2.31. The van der Waals surface area contributed by atoms with Gasteiger partial charge in [-0.3, -0.25) is 4.79 Å². The molecule has 1 aliphatic rings. The number of carbonyl (C=O) groups is 1. The SMILES string of the molecule is CCCC(CCC)C(N)c1ccc2c(c1)CC(=O)N2. The smallest absolute Gasteiger partial charge is 0.228 e. The first-order valence-electron chi connectivity index (χ1n) is 7.34. The summed E-state index contributed by atoms with van der Waals surface area (Å²) in [5.41, 5.74) is 9.64. The van der Waals surface area contributed by atoms with Crippen LogP contribution in [0.15, 0.2) is 18.2 Å². The van der Waals surface area contributed by atoms with Gasteiger partial charge in [-0.15, -0.1) is 0 Å². The predicted molar refractivity (Wildman–Crippen MR) is 79.0 cm³/mol. The van der Waals surface area contributed by atoms with Gasteiger partial charge in [0.1, 0.15) is 0 Å². The lowest BCUT2D eigenvalue weighted by molar-refractivity contribution is -0.115. The van der Waals surface area contributed by atoms with Crippen molar-refractivity contribution in [2.24, 2.45) is 11.7 Å². The Bertz CT molecular complexity index is 450. The van der Waals surface area contributed by atoms with Crippen molar-refractivity contribution in [2.45, 2.75) is 52.0 Å².